The molecule has 1 fully saturated rings. The van der Waals surface area contributed by atoms with Gasteiger partial charge >= 0.3 is 0 Å². The summed E-state index contributed by atoms with van der Waals surface area (Å²) in [6, 6.07) is 0.0846. The summed E-state index contributed by atoms with van der Waals surface area (Å²) in [5.74, 6) is 0.461. The first-order valence-electron chi connectivity index (χ1n) is 5.70. The summed E-state index contributed by atoms with van der Waals surface area (Å²) < 4.78 is 0. The van der Waals surface area contributed by atoms with E-state index in [4.69, 9.17) is 0 Å². The molecule has 0 aromatic heterocycles. The molecule has 0 radical (unpaired) electrons. The monoisotopic (exact) mass is 227 g/mol. The number of amidine groups is 1. The topological polar surface area (TPSA) is 44.7 Å². The van der Waals surface area contributed by atoms with E-state index in [1.54, 1.807) is 0 Å². The van der Waals surface area contributed by atoms with Crippen LogP contribution in [0.15, 0.2) is 53.2 Å². The van der Waals surface area contributed by atoms with Crippen molar-refractivity contribution < 1.29 is 4.79 Å². The average Bonchev–Trinajstić information content (AvgIpc) is 2.81. The first-order valence-corrected chi connectivity index (χ1v) is 5.70. The van der Waals surface area contributed by atoms with Crippen molar-refractivity contribution in [1.29, 1.82) is 0 Å². The zero-order valence-electron chi connectivity index (χ0n) is 9.34. The van der Waals surface area contributed by atoms with Gasteiger partial charge in [-0.25, -0.2) is 0 Å². The largest absolute Gasteiger partial charge is 0.338 e. The molecule has 0 aromatic rings. The second-order valence-electron chi connectivity index (χ2n) is 4.07. The Bertz CT molecular complexity index is 497. The van der Waals surface area contributed by atoms with Crippen LogP contribution in [-0.4, -0.2) is 35.8 Å². The molecule has 0 saturated carbocycles. The molecule has 1 unspecified atom stereocenters. The predicted octanol–water partition coefficient (Wildman–Crippen LogP) is 0.765. The van der Waals surface area contributed by atoms with Crippen LogP contribution in [-0.2, 0) is 4.79 Å². The predicted molar refractivity (Wildman–Crippen MR) is 66.4 cm³/mol. The van der Waals surface area contributed by atoms with E-state index < -0.39 is 0 Å². The molecule has 3 aliphatic rings. The minimum absolute atomic E-state index is 0.0846. The molecule has 1 aliphatic carbocycles. The number of fused-ring (bicyclic) bond motifs is 3. The number of aliphatic imine (C=N–C) groups is 1. The second-order valence-corrected chi connectivity index (χ2v) is 4.07. The fourth-order valence-corrected chi connectivity index (χ4v) is 2.23. The van der Waals surface area contributed by atoms with Crippen molar-refractivity contribution >= 4 is 11.7 Å². The lowest BCUT2D eigenvalue weighted by molar-refractivity contribution is -0.115. The lowest BCUT2D eigenvalue weighted by Gasteiger charge is -2.34. The molecule has 86 valence electrons. The van der Waals surface area contributed by atoms with E-state index in [0.717, 1.165) is 12.2 Å². The maximum Gasteiger partial charge on any atom is 0.290 e. The van der Waals surface area contributed by atoms with E-state index in [1.807, 2.05) is 41.4 Å². The Kier molecular flexibility index (Phi) is 2.40. The van der Waals surface area contributed by atoms with Crippen LogP contribution in [0.1, 0.15) is 0 Å². The molecule has 17 heavy (non-hydrogen) atoms. The van der Waals surface area contributed by atoms with Gasteiger partial charge in [-0.3, -0.25) is 9.79 Å². The number of carbonyl (C=O) groups excluding carboxylic acids is 1. The van der Waals surface area contributed by atoms with Crippen molar-refractivity contribution in [2.24, 2.45) is 4.99 Å². The lowest BCUT2D eigenvalue weighted by Crippen LogP contribution is -2.54. The van der Waals surface area contributed by atoms with E-state index in [1.165, 1.54) is 0 Å². The van der Waals surface area contributed by atoms with Gasteiger partial charge < -0.3 is 10.2 Å². The molecule has 1 amide bonds. The van der Waals surface area contributed by atoms with Gasteiger partial charge in [0.1, 0.15) is 0 Å². The van der Waals surface area contributed by atoms with Crippen molar-refractivity contribution in [2.75, 3.05) is 13.1 Å². The Hall–Kier alpha value is -2.10. The highest BCUT2D eigenvalue weighted by Crippen LogP contribution is 2.20. The third-order valence-corrected chi connectivity index (χ3v) is 3.00. The van der Waals surface area contributed by atoms with Crippen LogP contribution in [0.25, 0.3) is 0 Å². The van der Waals surface area contributed by atoms with Gasteiger partial charge in [0, 0.05) is 12.2 Å². The number of hydrogen-bond donors (Lipinski definition) is 1. The van der Waals surface area contributed by atoms with Crippen LogP contribution in [0.3, 0.4) is 0 Å². The zero-order chi connectivity index (χ0) is 11.7. The highest BCUT2D eigenvalue weighted by Gasteiger charge is 2.36. The van der Waals surface area contributed by atoms with Gasteiger partial charge in [0.15, 0.2) is 5.84 Å². The summed E-state index contributed by atoms with van der Waals surface area (Å²) in [5.41, 5.74) is 0.909. The zero-order valence-corrected chi connectivity index (χ0v) is 9.34. The standard InChI is InChI=1S/C13H13N3O/c17-13-12-14-8-9-16(12)11-7-5-3-1-2-4-6-10(11)15-13/h1-7,11H,8-9H2,(H,15,17)/b3-1-,4-2-,7-5-,10-6+. The molecule has 1 atom stereocenters. The van der Waals surface area contributed by atoms with E-state index >= 15 is 0 Å². The van der Waals surface area contributed by atoms with Crippen LogP contribution in [0.4, 0.5) is 0 Å². The number of allylic oxidation sites excluding steroid dienone is 6. The summed E-state index contributed by atoms with van der Waals surface area (Å²) >= 11 is 0. The Morgan fingerprint density at radius 3 is 3.00 bits per heavy atom. The molecule has 0 spiro atoms. The summed E-state index contributed by atoms with van der Waals surface area (Å²) in [6.45, 7) is 1.51. The third-order valence-electron chi connectivity index (χ3n) is 3.00. The van der Waals surface area contributed by atoms with Crippen molar-refractivity contribution in [1.82, 2.24) is 10.2 Å². The smallest absolute Gasteiger partial charge is 0.290 e. The Morgan fingerprint density at radius 1 is 1.24 bits per heavy atom. The Morgan fingerprint density at radius 2 is 2.06 bits per heavy atom. The molecule has 4 nitrogen and oxygen atoms in total. The quantitative estimate of drug-likeness (QED) is 0.664. The summed E-state index contributed by atoms with van der Waals surface area (Å²) in [5, 5.41) is 2.90. The van der Waals surface area contributed by atoms with Crippen LogP contribution in [0.2, 0.25) is 0 Å². The molecule has 0 bridgehead atoms. The minimum atomic E-state index is -0.0981. The van der Waals surface area contributed by atoms with E-state index in [0.29, 0.717) is 12.4 Å². The molecule has 3 rings (SSSR count). The number of hydrogen-bond acceptors (Lipinski definition) is 3. The van der Waals surface area contributed by atoms with E-state index in [2.05, 4.69) is 16.4 Å². The lowest BCUT2D eigenvalue weighted by atomic mass is 10.1. The fourth-order valence-electron chi connectivity index (χ4n) is 2.23. The molecule has 4 heteroatoms. The maximum atomic E-state index is 11.8. The number of nitrogens with zero attached hydrogens (tertiary/aromatic N) is 2. The second kappa shape index (κ2) is 4.05. The molecule has 1 saturated heterocycles. The van der Waals surface area contributed by atoms with Gasteiger partial charge in [-0.1, -0.05) is 36.5 Å². The van der Waals surface area contributed by atoms with Gasteiger partial charge in [0.05, 0.1) is 12.6 Å². The minimum Gasteiger partial charge on any atom is -0.338 e. The van der Waals surface area contributed by atoms with Gasteiger partial charge in [0.25, 0.3) is 5.91 Å². The normalized spacial score (nSPS) is 34.9. The summed E-state index contributed by atoms with van der Waals surface area (Å²) in [7, 11) is 0. The summed E-state index contributed by atoms with van der Waals surface area (Å²) in [4.78, 5) is 18.1. The van der Waals surface area contributed by atoms with Crippen LogP contribution >= 0.6 is 0 Å². The molecular formula is C13H13N3O. The van der Waals surface area contributed by atoms with Gasteiger partial charge in [-0.2, -0.15) is 0 Å². The maximum absolute atomic E-state index is 11.8. The van der Waals surface area contributed by atoms with Gasteiger partial charge in [-0.05, 0) is 6.08 Å². The molecule has 2 heterocycles. The van der Waals surface area contributed by atoms with Crippen LogP contribution < -0.4 is 5.32 Å². The van der Waals surface area contributed by atoms with Crippen molar-refractivity contribution in [3.63, 3.8) is 0 Å². The molecular weight excluding hydrogens is 214 g/mol. The number of piperazine rings is 1. The molecule has 1 N–H and O–H groups in total. The fraction of sp³-hybridized carbons (Fsp3) is 0.231. The molecule has 0 aromatic carbocycles. The van der Waals surface area contributed by atoms with Crippen molar-refractivity contribution in [3.8, 4) is 0 Å². The SMILES string of the molecule is O=C1N/C2=C/C=C\C=C/C=C\C2N2CCN=C12. The highest BCUT2D eigenvalue weighted by atomic mass is 16.2. The van der Waals surface area contributed by atoms with Crippen LogP contribution in [0, 0.1) is 0 Å². The summed E-state index contributed by atoms with van der Waals surface area (Å²) in [6.07, 6.45) is 13.8. The van der Waals surface area contributed by atoms with E-state index in [-0.39, 0.29) is 11.9 Å². The van der Waals surface area contributed by atoms with Gasteiger partial charge in [-0.15, -0.1) is 0 Å². The number of amides is 1. The first kappa shape index (κ1) is 10.1. The Balaban J connectivity index is 2.02. The van der Waals surface area contributed by atoms with Crippen molar-refractivity contribution in [3.05, 3.63) is 48.2 Å². The van der Waals surface area contributed by atoms with Crippen molar-refractivity contribution in [2.45, 2.75) is 6.04 Å². The number of rotatable bonds is 0. The number of carbonyl (C=O) groups is 1. The van der Waals surface area contributed by atoms with E-state index in [9.17, 15) is 4.79 Å². The van der Waals surface area contributed by atoms with Crippen LogP contribution in [0.5, 0.6) is 0 Å². The first-order chi connectivity index (χ1) is 8.36. The number of nitrogens with one attached hydrogen (secondary N) is 1. The highest BCUT2D eigenvalue weighted by molar-refractivity contribution is 6.39. The third kappa shape index (κ3) is 1.71. The molecule has 2 aliphatic heterocycles. The average molecular weight is 227 g/mol. The van der Waals surface area contributed by atoms with Gasteiger partial charge in [0.2, 0.25) is 0 Å². The Labute approximate surface area is 99.7 Å².